The molecule has 0 radical (unpaired) electrons. The van der Waals surface area contributed by atoms with Crippen LogP contribution in [0.3, 0.4) is 0 Å². The first-order valence-corrected chi connectivity index (χ1v) is 5.84. The number of nitrogens with one attached hydrogen (secondary N) is 1. The Kier molecular flexibility index (Phi) is 3.01. The number of aliphatic hydroxyl groups is 1. The van der Waals surface area contributed by atoms with E-state index in [4.69, 9.17) is 5.84 Å². The number of amides is 1. The third-order valence-corrected chi connectivity index (χ3v) is 3.60. The number of halogens is 1. The van der Waals surface area contributed by atoms with Crippen molar-refractivity contribution in [3.63, 3.8) is 0 Å². The van der Waals surface area contributed by atoms with Gasteiger partial charge in [-0.05, 0) is 30.5 Å². The maximum absolute atomic E-state index is 11.4. The van der Waals surface area contributed by atoms with Crippen LogP contribution in [0.4, 0.5) is 0 Å². The van der Waals surface area contributed by atoms with Crippen molar-refractivity contribution in [2.45, 2.75) is 24.4 Å². The zero-order valence-corrected chi connectivity index (χ0v) is 10.2. The van der Waals surface area contributed by atoms with Gasteiger partial charge in [-0.15, -0.1) is 0 Å². The molecule has 0 aromatic heterocycles. The molecule has 0 heterocycles. The minimum atomic E-state index is -1.08. The highest BCUT2D eigenvalue weighted by Crippen LogP contribution is 2.51. The van der Waals surface area contributed by atoms with Crippen molar-refractivity contribution < 1.29 is 9.90 Å². The van der Waals surface area contributed by atoms with Crippen LogP contribution in [0.25, 0.3) is 0 Å². The third kappa shape index (κ3) is 1.86. The van der Waals surface area contributed by atoms with Crippen LogP contribution in [0, 0.1) is 0 Å². The predicted molar refractivity (Wildman–Crippen MR) is 63.4 cm³/mol. The number of hydrogen-bond donors (Lipinski definition) is 3. The second-order valence-corrected chi connectivity index (χ2v) is 4.99. The van der Waals surface area contributed by atoms with E-state index in [-0.39, 0.29) is 0 Å². The van der Waals surface area contributed by atoms with Gasteiger partial charge in [0.2, 0.25) is 0 Å². The molecular formula is C11H13BrN2O2. The Bertz CT molecular complexity index is 418. The van der Waals surface area contributed by atoms with Crippen molar-refractivity contribution in [2.24, 2.45) is 5.84 Å². The summed E-state index contributed by atoms with van der Waals surface area (Å²) < 4.78 is 0.941. The van der Waals surface area contributed by atoms with E-state index in [1.165, 1.54) is 0 Å². The van der Waals surface area contributed by atoms with E-state index in [1.807, 2.05) is 29.7 Å². The summed E-state index contributed by atoms with van der Waals surface area (Å²) in [4.78, 5) is 11.4. The molecule has 4 nitrogen and oxygen atoms in total. The van der Waals surface area contributed by atoms with E-state index in [0.717, 1.165) is 22.9 Å². The molecule has 0 spiro atoms. The summed E-state index contributed by atoms with van der Waals surface area (Å²) in [5.74, 6) is 4.51. The topological polar surface area (TPSA) is 75.3 Å². The lowest BCUT2D eigenvalue weighted by Crippen LogP contribution is -2.45. The fourth-order valence-corrected chi connectivity index (χ4v) is 2.38. The smallest absolute Gasteiger partial charge is 0.263 e. The molecule has 1 aliphatic carbocycles. The molecule has 1 unspecified atom stereocenters. The van der Waals surface area contributed by atoms with Crippen molar-refractivity contribution in [2.75, 3.05) is 0 Å². The number of nitrogens with two attached hydrogens (primary N) is 1. The van der Waals surface area contributed by atoms with Crippen LogP contribution in [-0.2, 0) is 10.2 Å². The first-order chi connectivity index (χ1) is 7.60. The highest BCUT2D eigenvalue weighted by molar-refractivity contribution is 9.10. The second kappa shape index (κ2) is 4.16. The number of hydrazine groups is 1. The van der Waals surface area contributed by atoms with Crippen molar-refractivity contribution >= 4 is 21.8 Å². The van der Waals surface area contributed by atoms with Crippen molar-refractivity contribution in [1.29, 1.82) is 0 Å². The van der Waals surface area contributed by atoms with Crippen LogP contribution in [-0.4, -0.2) is 17.1 Å². The van der Waals surface area contributed by atoms with Crippen molar-refractivity contribution in [3.8, 4) is 0 Å². The molecule has 0 saturated heterocycles. The SMILES string of the molecule is NNC(=O)C(O)C1(c2cccc(Br)c2)CC1. The van der Waals surface area contributed by atoms with E-state index in [1.54, 1.807) is 0 Å². The second-order valence-electron chi connectivity index (χ2n) is 4.08. The molecule has 0 bridgehead atoms. The highest BCUT2D eigenvalue weighted by Gasteiger charge is 2.53. The number of carbonyl (C=O) groups is 1. The number of rotatable bonds is 3. The molecule has 2 rings (SSSR count). The lowest BCUT2D eigenvalue weighted by atomic mass is 9.89. The van der Waals surface area contributed by atoms with Crippen molar-refractivity contribution in [1.82, 2.24) is 5.43 Å². The van der Waals surface area contributed by atoms with Crippen LogP contribution >= 0.6 is 15.9 Å². The van der Waals surface area contributed by atoms with Gasteiger partial charge in [-0.1, -0.05) is 28.1 Å². The van der Waals surface area contributed by atoms with Gasteiger partial charge in [-0.2, -0.15) is 0 Å². The van der Waals surface area contributed by atoms with Gasteiger partial charge in [0, 0.05) is 9.89 Å². The maximum atomic E-state index is 11.4. The summed E-state index contributed by atoms with van der Waals surface area (Å²) in [6.07, 6.45) is 0.530. The molecule has 1 amide bonds. The van der Waals surface area contributed by atoms with Crippen molar-refractivity contribution in [3.05, 3.63) is 34.3 Å². The number of benzene rings is 1. The van der Waals surface area contributed by atoms with E-state index < -0.39 is 17.4 Å². The molecule has 86 valence electrons. The Hall–Kier alpha value is -0.910. The lowest BCUT2D eigenvalue weighted by Gasteiger charge is -2.21. The van der Waals surface area contributed by atoms with E-state index in [9.17, 15) is 9.90 Å². The molecule has 1 aromatic rings. The van der Waals surface area contributed by atoms with Crippen LogP contribution < -0.4 is 11.3 Å². The molecule has 4 N–H and O–H groups in total. The number of carbonyl (C=O) groups excluding carboxylic acids is 1. The van der Waals surface area contributed by atoms with E-state index in [2.05, 4.69) is 15.9 Å². The van der Waals surface area contributed by atoms with Gasteiger partial charge in [0.25, 0.3) is 5.91 Å². The minimum absolute atomic E-state index is 0.451. The zero-order chi connectivity index (χ0) is 11.8. The Labute approximate surface area is 102 Å². The molecule has 0 aliphatic heterocycles. The molecule has 1 saturated carbocycles. The summed E-state index contributed by atoms with van der Waals surface area (Å²) in [7, 11) is 0. The van der Waals surface area contributed by atoms with Gasteiger partial charge < -0.3 is 5.11 Å². The fourth-order valence-electron chi connectivity index (χ4n) is 1.98. The summed E-state index contributed by atoms with van der Waals surface area (Å²) in [5, 5.41) is 9.94. The normalized spacial score (nSPS) is 18.9. The summed E-state index contributed by atoms with van der Waals surface area (Å²) in [5.41, 5.74) is 2.51. The monoisotopic (exact) mass is 284 g/mol. The van der Waals surface area contributed by atoms with Crippen LogP contribution in [0.5, 0.6) is 0 Å². The molecular weight excluding hydrogens is 272 g/mol. The number of aliphatic hydroxyl groups excluding tert-OH is 1. The fraction of sp³-hybridized carbons (Fsp3) is 0.364. The van der Waals surface area contributed by atoms with E-state index >= 15 is 0 Å². The minimum Gasteiger partial charge on any atom is -0.382 e. The van der Waals surface area contributed by atoms with Gasteiger partial charge >= 0.3 is 0 Å². The predicted octanol–water partition coefficient (Wildman–Crippen LogP) is 0.832. The lowest BCUT2D eigenvalue weighted by molar-refractivity contribution is -0.131. The van der Waals surface area contributed by atoms with Crippen LogP contribution in [0.15, 0.2) is 28.7 Å². The first-order valence-electron chi connectivity index (χ1n) is 5.05. The van der Waals surface area contributed by atoms with Gasteiger partial charge in [-0.25, -0.2) is 5.84 Å². The van der Waals surface area contributed by atoms with Crippen LogP contribution in [0.1, 0.15) is 18.4 Å². The Morgan fingerprint density at radius 1 is 1.56 bits per heavy atom. The Balaban J connectivity index is 2.29. The molecule has 1 aromatic carbocycles. The van der Waals surface area contributed by atoms with Gasteiger partial charge in [-0.3, -0.25) is 10.2 Å². The van der Waals surface area contributed by atoms with Gasteiger partial charge in [0.1, 0.15) is 6.10 Å². The van der Waals surface area contributed by atoms with Gasteiger partial charge in [0.15, 0.2) is 0 Å². The summed E-state index contributed by atoms with van der Waals surface area (Å²) in [6.45, 7) is 0. The molecule has 5 heteroatoms. The molecule has 1 aliphatic rings. The largest absolute Gasteiger partial charge is 0.382 e. The average molecular weight is 285 g/mol. The summed E-state index contributed by atoms with van der Waals surface area (Å²) in [6, 6.07) is 7.66. The molecule has 16 heavy (non-hydrogen) atoms. The quantitative estimate of drug-likeness (QED) is 0.437. The Morgan fingerprint density at radius 3 is 2.75 bits per heavy atom. The summed E-state index contributed by atoms with van der Waals surface area (Å²) >= 11 is 3.38. The Morgan fingerprint density at radius 2 is 2.25 bits per heavy atom. The maximum Gasteiger partial charge on any atom is 0.263 e. The first kappa shape index (κ1) is 11.6. The zero-order valence-electron chi connectivity index (χ0n) is 8.61. The molecule has 1 fully saturated rings. The standard InChI is InChI=1S/C11H13BrN2O2/c12-8-3-1-2-7(6-8)11(4-5-11)9(15)10(16)14-13/h1-3,6,9,15H,4-5,13H2,(H,14,16). The van der Waals surface area contributed by atoms with Crippen LogP contribution in [0.2, 0.25) is 0 Å². The van der Waals surface area contributed by atoms with E-state index in [0.29, 0.717) is 0 Å². The van der Waals surface area contributed by atoms with Gasteiger partial charge in [0.05, 0.1) is 0 Å². The molecule has 1 atom stereocenters. The third-order valence-electron chi connectivity index (χ3n) is 3.10. The average Bonchev–Trinajstić information content (AvgIpc) is 3.08. The highest BCUT2D eigenvalue weighted by atomic mass is 79.9. The number of hydrogen-bond acceptors (Lipinski definition) is 3.